The molecule has 0 bridgehead atoms. The number of carbonyl (C=O) groups is 1. The van der Waals surface area contributed by atoms with E-state index in [0.717, 1.165) is 17.8 Å². The maximum atomic E-state index is 12.3. The van der Waals surface area contributed by atoms with Crippen LogP contribution in [0.25, 0.3) is 0 Å². The third-order valence-electron chi connectivity index (χ3n) is 4.16. The number of hydrogen-bond acceptors (Lipinski definition) is 3. The monoisotopic (exact) mass is 345 g/mol. The molecule has 1 N–H and O–H groups in total. The van der Waals surface area contributed by atoms with Gasteiger partial charge in [-0.2, -0.15) is 5.10 Å². The molecular formula is C18H27N5O2. The van der Waals surface area contributed by atoms with Gasteiger partial charge in [0.2, 0.25) is 0 Å². The lowest BCUT2D eigenvalue weighted by Crippen LogP contribution is -2.40. The van der Waals surface area contributed by atoms with Crippen LogP contribution in [-0.2, 0) is 19.6 Å². The van der Waals surface area contributed by atoms with E-state index in [1.54, 1.807) is 27.8 Å². The minimum absolute atomic E-state index is 0.00514. The van der Waals surface area contributed by atoms with Crippen LogP contribution >= 0.6 is 0 Å². The van der Waals surface area contributed by atoms with E-state index >= 15 is 0 Å². The lowest BCUT2D eigenvalue weighted by molar-refractivity contribution is 0.198. The molecule has 2 aromatic rings. The zero-order valence-corrected chi connectivity index (χ0v) is 15.2. The fourth-order valence-electron chi connectivity index (χ4n) is 2.66. The molecular weight excluding hydrogens is 318 g/mol. The van der Waals surface area contributed by atoms with Crippen LogP contribution in [0, 0.1) is 6.92 Å². The summed E-state index contributed by atoms with van der Waals surface area (Å²) in [5.74, 6) is 0. The summed E-state index contributed by atoms with van der Waals surface area (Å²) in [5, 5.41) is 7.16. The van der Waals surface area contributed by atoms with Gasteiger partial charge in [0, 0.05) is 49.7 Å². The molecule has 7 heteroatoms. The zero-order chi connectivity index (χ0) is 18.2. The van der Waals surface area contributed by atoms with Gasteiger partial charge in [0.15, 0.2) is 0 Å². The number of rotatable bonds is 8. The number of pyridine rings is 1. The molecule has 2 amide bonds. The first-order chi connectivity index (χ1) is 12.0. The number of aromatic nitrogens is 3. The quantitative estimate of drug-likeness (QED) is 0.744. The van der Waals surface area contributed by atoms with Crippen LogP contribution in [-0.4, -0.2) is 38.4 Å². The highest BCUT2D eigenvalue weighted by atomic mass is 16.2. The van der Waals surface area contributed by atoms with Crippen molar-refractivity contribution in [3.8, 4) is 0 Å². The SMILES string of the molecule is CCN(Cc1cnn(CC)c1)C(=O)NCCCn1c(C)cccc1=O. The predicted octanol–water partition coefficient (Wildman–Crippen LogP) is 1.99. The first-order valence-corrected chi connectivity index (χ1v) is 8.75. The molecule has 0 atom stereocenters. The van der Waals surface area contributed by atoms with Crippen LogP contribution in [0.5, 0.6) is 0 Å². The minimum atomic E-state index is -0.0936. The Morgan fingerprint density at radius 2 is 2.12 bits per heavy atom. The Morgan fingerprint density at radius 1 is 1.32 bits per heavy atom. The Hall–Kier alpha value is -2.57. The van der Waals surface area contributed by atoms with Crippen LogP contribution in [0.1, 0.15) is 31.5 Å². The molecule has 0 spiro atoms. The third kappa shape index (κ3) is 5.20. The van der Waals surface area contributed by atoms with Gasteiger partial charge >= 0.3 is 6.03 Å². The molecule has 2 heterocycles. The van der Waals surface area contributed by atoms with Crippen molar-refractivity contribution in [3.63, 3.8) is 0 Å². The fraction of sp³-hybridized carbons (Fsp3) is 0.500. The first kappa shape index (κ1) is 18.8. The molecule has 2 aromatic heterocycles. The largest absolute Gasteiger partial charge is 0.338 e. The lowest BCUT2D eigenvalue weighted by Gasteiger charge is -2.20. The average Bonchev–Trinajstić information content (AvgIpc) is 3.06. The van der Waals surface area contributed by atoms with Gasteiger partial charge in [0.05, 0.1) is 12.7 Å². The Labute approximate surface area is 148 Å². The van der Waals surface area contributed by atoms with E-state index in [2.05, 4.69) is 10.4 Å². The summed E-state index contributed by atoms with van der Waals surface area (Å²) in [6.07, 6.45) is 4.46. The standard InChI is InChI=1S/C18H27N5O2/c1-4-21(13-16-12-20-22(5-2)14-16)18(25)19-10-7-11-23-15(3)8-6-9-17(23)24/h6,8-9,12,14H,4-5,7,10-11,13H2,1-3H3,(H,19,25). The molecule has 2 rings (SSSR count). The molecule has 0 radical (unpaired) electrons. The summed E-state index contributed by atoms with van der Waals surface area (Å²) >= 11 is 0. The van der Waals surface area contributed by atoms with Gasteiger partial charge in [-0.25, -0.2) is 4.79 Å². The van der Waals surface area contributed by atoms with Gasteiger partial charge in [-0.15, -0.1) is 0 Å². The van der Waals surface area contributed by atoms with Crippen molar-refractivity contribution in [2.24, 2.45) is 0 Å². The predicted molar refractivity (Wildman–Crippen MR) is 97.4 cm³/mol. The minimum Gasteiger partial charge on any atom is -0.338 e. The van der Waals surface area contributed by atoms with Gasteiger partial charge in [-0.1, -0.05) is 6.07 Å². The molecule has 0 aliphatic rings. The molecule has 0 saturated heterocycles. The van der Waals surface area contributed by atoms with Crippen LogP contribution in [0.2, 0.25) is 0 Å². The Kier molecular flexibility index (Phi) is 6.80. The van der Waals surface area contributed by atoms with E-state index in [1.165, 1.54) is 0 Å². The van der Waals surface area contributed by atoms with Crippen molar-refractivity contribution < 1.29 is 4.79 Å². The Bertz CT molecular complexity index is 750. The summed E-state index contributed by atoms with van der Waals surface area (Å²) in [6.45, 7) is 9.01. The Balaban J connectivity index is 1.80. The zero-order valence-electron chi connectivity index (χ0n) is 15.2. The normalized spacial score (nSPS) is 10.7. The fourth-order valence-corrected chi connectivity index (χ4v) is 2.66. The van der Waals surface area contributed by atoms with Gasteiger partial charge in [0.25, 0.3) is 5.56 Å². The molecule has 136 valence electrons. The molecule has 7 nitrogen and oxygen atoms in total. The van der Waals surface area contributed by atoms with Gasteiger partial charge in [-0.05, 0) is 33.3 Å². The molecule has 0 unspecified atom stereocenters. The van der Waals surface area contributed by atoms with Gasteiger partial charge < -0.3 is 14.8 Å². The van der Waals surface area contributed by atoms with Crippen LogP contribution < -0.4 is 10.9 Å². The number of hydrogen-bond donors (Lipinski definition) is 1. The lowest BCUT2D eigenvalue weighted by atomic mass is 10.3. The van der Waals surface area contributed by atoms with E-state index < -0.39 is 0 Å². The molecule has 25 heavy (non-hydrogen) atoms. The smallest absolute Gasteiger partial charge is 0.317 e. The summed E-state index contributed by atoms with van der Waals surface area (Å²) in [5.41, 5.74) is 1.95. The van der Waals surface area contributed by atoms with Gasteiger partial charge in [0.1, 0.15) is 0 Å². The first-order valence-electron chi connectivity index (χ1n) is 8.75. The molecule has 0 aromatic carbocycles. The number of amides is 2. The maximum absolute atomic E-state index is 12.3. The van der Waals surface area contributed by atoms with Crippen molar-refractivity contribution >= 4 is 6.03 Å². The van der Waals surface area contributed by atoms with E-state index in [4.69, 9.17) is 0 Å². The highest BCUT2D eigenvalue weighted by molar-refractivity contribution is 5.74. The van der Waals surface area contributed by atoms with Gasteiger partial charge in [-0.3, -0.25) is 9.48 Å². The van der Waals surface area contributed by atoms with Crippen molar-refractivity contribution in [2.75, 3.05) is 13.1 Å². The number of urea groups is 1. The molecule has 0 aliphatic carbocycles. The second-order valence-electron chi connectivity index (χ2n) is 5.96. The summed E-state index contributed by atoms with van der Waals surface area (Å²) in [7, 11) is 0. The van der Waals surface area contributed by atoms with E-state index in [1.807, 2.05) is 37.7 Å². The molecule has 0 aliphatic heterocycles. The average molecular weight is 345 g/mol. The van der Waals surface area contributed by atoms with E-state index in [9.17, 15) is 9.59 Å². The van der Waals surface area contributed by atoms with Crippen LogP contribution in [0.15, 0.2) is 35.4 Å². The summed E-state index contributed by atoms with van der Waals surface area (Å²) < 4.78 is 3.57. The second kappa shape index (κ2) is 9.05. The maximum Gasteiger partial charge on any atom is 0.317 e. The second-order valence-corrected chi connectivity index (χ2v) is 5.96. The highest BCUT2D eigenvalue weighted by Gasteiger charge is 2.12. The molecule has 0 fully saturated rings. The van der Waals surface area contributed by atoms with Crippen LogP contribution in [0.4, 0.5) is 4.79 Å². The van der Waals surface area contributed by atoms with Crippen molar-refractivity contribution in [3.05, 3.63) is 52.2 Å². The Morgan fingerprint density at radius 3 is 2.76 bits per heavy atom. The number of aryl methyl sites for hydroxylation is 2. The summed E-state index contributed by atoms with van der Waals surface area (Å²) in [6, 6.07) is 5.13. The van der Waals surface area contributed by atoms with Crippen molar-refractivity contribution in [1.29, 1.82) is 0 Å². The van der Waals surface area contributed by atoms with E-state index in [0.29, 0.717) is 32.6 Å². The summed E-state index contributed by atoms with van der Waals surface area (Å²) in [4.78, 5) is 25.9. The van der Waals surface area contributed by atoms with E-state index in [-0.39, 0.29) is 11.6 Å². The topological polar surface area (TPSA) is 72.2 Å². The van der Waals surface area contributed by atoms with Crippen molar-refractivity contribution in [1.82, 2.24) is 24.6 Å². The third-order valence-corrected chi connectivity index (χ3v) is 4.16. The van der Waals surface area contributed by atoms with Crippen molar-refractivity contribution in [2.45, 2.75) is 46.8 Å². The highest BCUT2D eigenvalue weighted by Crippen LogP contribution is 2.04. The number of nitrogens with zero attached hydrogens (tertiary/aromatic N) is 4. The number of carbonyl (C=O) groups excluding carboxylic acids is 1. The van der Waals surface area contributed by atoms with Crippen LogP contribution in [0.3, 0.4) is 0 Å². The number of nitrogens with one attached hydrogen (secondary N) is 1. The molecule has 0 saturated carbocycles.